The van der Waals surface area contributed by atoms with Gasteiger partial charge in [0.2, 0.25) is 0 Å². The molecule has 0 spiro atoms. The van der Waals surface area contributed by atoms with Crippen molar-refractivity contribution >= 4 is 11.6 Å². The minimum Gasteiger partial charge on any atom is -0.395 e. The third-order valence-electron chi connectivity index (χ3n) is 1.00. The number of hydrogen-bond donors (Lipinski definition) is 2. The van der Waals surface area contributed by atoms with Crippen LogP contribution in [-0.2, 0) is 0 Å². The highest BCUT2D eigenvalue weighted by molar-refractivity contribution is 6.25. The van der Waals surface area contributed by atoms with E-state index in [9.17, 15) is 0 Å². The molecule has 0 aliphatic heterocycles. The van der Waals surface area contributed by atoms with Gasteiger partial charge in [-0.2, -0.15) is 0 Å². The zero-order chi connectivity index (χ0) is 7.28. The van der Waals surface area contributed by atoms with Gasteiger partial charge >= 0.3 is 0 Å². The van der Waals surface area contributed by atoms with E-state index in [2.05, 4.69) is 0 Å². The van der Waals surface area contributed by atoms with Crippen LogP contribution < -0.4 is 5.73 Å². The largest absolute Gasteiger partial charge is 0.395 e. The van der Waals surface area contributed by atoms with E-state index in [1.54, 1.807) is 0 Å². The molecule has 0 amide bonds. The Morgan fingerprint density at radius 1 is 1.89 bits per heavy atom. The Bertz CT molecular complexity index is 103. The molecule has 0 aromatic carbocycles. The van der Waals surface area contributed by atoms with Crippen LogP contribution in [0.15, 0.2) is 11.1 Å². The van der Waals surface area contributed by atoms with Crippen LogP contribution in [0.25, 0.3) is 0 Å². The van der Waals surface area contributed by atoms with Crippen molar-refractivity contribution in [3.8, 4) is 0 Å². The van der Waals surface area contributed by atoms with E-state index in [0.29, 0.717) is 6.42 Å². The molecule has 0 saturated heterocycles. The van der Waals surface area contributed by atoms with Gasteiger partial charge in [0.1, 0.15) is 0 Å². The van der Waals surface area contributed by atoms with Gasteiger partial charge in [-0.25, -0.2) is 0 Å². The zero-order valence-corrected chi connectivity index (χ0v) is 6.23. The average molecular weight is 150 g/mol. The number of nitrogens with two attached hydrogens (primary N) is 1. The number of aliphatic hydroxyl groups is 1. The third-order valence-corrected chi connectivity index (χ3v) is 1.38. The normalized spacial score (nSPS) is 15.8. The molecule has 54 valence electrons. The summed E-state index contributed by atoms with van der Waals surface area (Å²) in [6.45, 7) is 1.89. The van der Waals surface area contributed by atoms with Gasteiger partial charge in [0.25, 0.3) is 0 Å². The van der Waals surface area contributed by atoms with Gasteiger partial charge < -0.3 is 10.8 Å². The molecule has 0 aromatic rings. The van der Waals surface area contributed by atoms with E-state index in [0.717, 1.165) is 5.57 Å². The molecule has 3 heteroatoms. The Morgan fingerprint density at radius 3 is 2.78 bits per heavy atom. The highest BCUT2D eigenvalue weighted by Crippen LogP contribution is 2.03. The molecule has 9 heavy (non-hydrogen) atoms. The first-order valence-corrected chi connectivity index (χ1v) is 3.26. The van der Waals surface area contributed by atoms with Gasteiger partial charge in [-0.1, -0.05) is 17.2 Å². The molecule has 1 unspecified atom stereocenters. The minimum atomic E-state index is -0.167. The van der Waals surface area contributed by atoms with Gasteiger partial charge in [0, 0.05) is 11.6 Å². The van der Waals surface area contributed by atoms with E-state index >= 15 is 0 Å². The Balaban J connectivity index is 3.47. The van der Waals surface area contributed by atoms with Crippen LogP contribution in [0.1, 0.15) is 13.3 Å². The van der Waals surface area contributed by atoms with Crippen LogP contribution >= 0.6 is 11.6 Å². The summed E-state index contributed by atoms with van der Waals surface area (Å²) >= 11 is 5.35. The summed E-state index contributed by atoms with van der Waals surface area (Å²) in [5.74, 6) is 0. The zero-order valence-electron chi connectivity index (χ0n) is 5.47. The molecule has 0 bridgehead atoms. The molecule has 0 rings (SSSR count). The van der Waals surface area contributed by atoms with Crippen molar-refractivity contribution in [1.82, 2.24) is 0 Å². The molecule has 0 fully saturated rings. The Labute approximate surface area is 60.3 Å². The van der Waals surface area contributed by atoms with E-state index < -0.39 is 0 Å². The maximum Gasteiger partial charge on any atom is 0.0585 e. The predicted molar refractivity (Wildman–Crippen MR) is 39.3 cm³/mol. The summed E-state index contributed by atoms with van der Waals surface area (Å²) in [6, 6.07) is -0.167. The molecule has 0 saturated carbocycles. The first-order chi connectivity index (χ1) is 4.20. The lowest BCUT2D eigenvalue weighted by molar-refractivity contribution is 0.265. The molecule has 0 aromatic heterocycles. The summed E-state index contributed by atoms with van der Waals surface area (Å²) in [6.07, 6.45) is 0.667. The summed E-state index contributed by atoms with van der Waals surface area (Å²) in [7, 11) is 0. The van der Waals surface area contributed by atoms with E-state index in [1.165, 1.54) is 5.54 Å². The van der Waals surface area contributed by atoms with Crippen LogP contribution in [0.4, 0.5) is 0 Å². The standard InChI is InChI=1S/C6H12ClNO/c1-5(3-7)2-6(8)4-9/h3,6,9H,2,4,8H2,1H3. The Morgan fingerprint density at radius 2 is 2.44 bits per heavy atom. The second-order valence-corrected chi connectivity index (χ2v) is 2.32. The summed E-state index contributed by atoms with van der Waals surface area (Å²) in [4.78, 5) is 0. The molecular formula is C6H12ClNO. The van der Waals surface area contributed by atoms with Crippen LogP contribution in [-0.4, -0.2) is 17.8 Å². The van der Waals surface area contributed by atoms with Crippen LogP contribution in [0.5, 0.6) is 0 Å². The second kappa shape index (κ2) is 4.79. The molecule has 0 aliphatic rings. The van der Waals surface area contributed by atoms with Crippen molar-refractivity contribution in [2.45, 2.75) is 19.4 Å². The summed E-state index contributed by atoms with van der Waals surface area (Å²) in [5.41, 5.74) is 7.88. The van der Waals surface area contributed by atoms with E-state index in [1.807, 2.05) is 6.92 Å². The smallest absolute Gasteiger partial charge is 0.0585 e. The van der Waals surface area contributed by atoms with Crippen molar-refractivity contribution in [2.75, 3.05) is 6.61 Å². The lowest BCUT2D eigenvalue weighted by Gasteiger charge is -2.05. The molecule has 0 radical (unpaired) electrons. The number of rotatable bonds is 3. The fourth-order valence-electron chi connectivity index (χ4n) is 0.523. The molecule has 3 N–H and O–H groups in total. The van der Waals surface area contributed by atoms with Gasteiger partial charge in [-0.05, 0) is 13.3 Å². The maximum atomic E-state index is 8.48. The lowest BCUT2D eigenvalue weighted by atomic mass is 10.1. The van der Waals surface area contributed by atoms with Gasteiger partial charge in [0.15, 0.2) is 0 Å². The first-order valence-electron chi connectivity index (χ1n) is 2.83. The monoisotopic (exact) mass is 149 g/mol. The van der Waals surface area contributed by atoms with Crippen LogP contribution in [0, 0.1) is 0 Å². The Hall–Kier alpha value is -0.0500. The van der Waals surface area contributed by atoms with Gasteiger partial charge in [-0.15, -0.1) is 0 Å². The highest BCUT2D eigenvalue weighted by atomic mass is 35.5. The van der Waals surface area contributed by atoms with Crippen molar-refractivity contribution in [3.05, 3.63) is 11.1 Å². The quantitative estimate of drug-likeness (QED) is 0.625. The maximum absolute atomic E-state index is 8.48. The van der Waals surface area contributed by atoms with Crippen molar-refractivity contribution in [2.24, 2.45) is 5.73 Å². The molecular weight excluding hydrogens is 138 g/mol. The van der Waals surface area contributed by atoms with Crippen molar-refractivity contribution < 1.29 is 5.11 Å². The first kappa shape index (κ1) is 8.95. The fourth-order valence-corrected chi connectivity index (χ4v) is 0.612. The summed E-state index contributed by atoms with van der Waals surface area (Å²) in [5, 5.41) is 8.48. The number of halogens is 1. The van der Waals surface area contributed by atoms with Gasteiger partial charge in [-0.3, -0.25) is 0 Å². The highest BCUT2D eigenvalue weighted by Gasteiger charge is 1.99. The summed E-state index contributed by atoms with van der Waals surface area (Å²) < 4.78 is 0. The van der Waals surface area contributed by atoms with Crippen molar-refractivity contribution in [3.63, 3.8) is 0 Å². The van der Waals surface area contributed by atoms with Gasteiger partial charge in [0.05, 0.1) is 6.61 Å². The van der Waals surface area contributed by atoms with Crippen LogP contribution in [0.2, 0.25) is 0 Å². The van der Waals surface area contributed by atoms with Crippen molar-refractivity contribution in [1.29, 1.82) is 0 Å². The predicted octanol–water partition coefficient (Wildman–Crippen LogP) is 0.839. The number of hydrogen-bond acceptors (Lipinski definition) is 2. The minimum absolute atomic E-state index is 0.0159. The van der Waals surface area contributed by atoms with E-state index in [-0.39, 0.29) is 12.6 Å². The molecule has 2 nitrogen and oxygen atoms in total. The van der Waals surface area contributed by atoms with Crippen LogP contribution in [0.3, 0.4) is 0 Å². The number of aliphatic hydroxyl groups excluding tert-OH is 1. The molecule has 0 aliphatic carbocycles. The van der Waals surface area contributed by atoms with E-state index in [4.69, 9.17) is 22.4 Å². The molecule has 1 atom stereocenters. The Kier molecular flexibility index (Phi) is 4.77. The third kappa shape index (κ3) is 4.45. The molecule has 0 heterocycles. The second-order valence-electron chi connectivity index (χ2n) is 2.10. The fraction of sp³-hybridized carbons (Fsp3) is 0.667. The topological polar surface area (TPSA) is 46.2 Å². The SMILES string of the molecule is CC(=CCl)CC(N)CO. The average Bonchev–Trinajstić information content (AvgIpc) is 1.87. The lowest BCUT2D eigenvalue weighted by Crippen LogP contribution is -2.24.